The maximum Gasteiger partial charge on any atom is 0.256 e. The van der Waals surface area contributed by atoms with Gasteiger partial charge in [0.1, 0.15) is 29.8 Å². The van der Waals surface area contributed by atoms with Gasteiger partial charge in [-0.05, 0) is 69.1 Å². The molecule has 4 N–H and O–H groups in total. The highest BCUT2D eigenvalue weighted by molar-refractivity contribution is 6.05. The maximum atomic E-state index is 12.9. The molecule has 43 heavy (non-hydrogen) atoms. The van der Waals surface area contributed by atoms with Crippen molar-refractivity contribution in [2.45, 2.75) is 44.5 Å². The third kappa shape index (κ3) is 5.85. The predicted octanol–water partition coefficient (Wildman–Crippen LogP) is 3.72. The van der Waals surface area contributed by atoms with Crippen molar-refractivity contribution in [3.05, 3.63) is 77.9 Å². The van der Waals surface area contributed by atoms with Crippen molar-refractivity contribution in [3.63, 3.8) is 0 Å². The van der Waals surface area contributed by atoms with E-state index in [0.29, 0.717) is 35.3 Å². The highest BCUT2D eigenvalue weighted by Crippen LogP contribution is 2.40. The van der Waals surface area contributed by atoms with Gasteiger partial charge in [-0.15, -0.1) is 0 Å². The number of nitrogens with one attached hydrogen (secondary N) is 1. The van der Waals surface area contributed by atoms with Crippen molar-refractivity contribution in [1.82, 2.24) is 29.3 Å². The van der Waals surface area contributed by atoms with Crippen LogP contribution in [-0.4, -0.2) is 79.3 Å². The van der Waals surface area contributed by atoms with Crippen molar-refractivity contribution in [3.8, 4) is 17.2 Å². The Bertz CT molecular complexity index is 1720. The van der Waals surface area contributed by atoms with Crippen LogP contribution in [0.25, 0.3) is 22.2 Å². The average Bonchev–Trinajstić information content (AvgIpc) is 3.68. The van der Waals surface area contributed by atoms with Gasteiger partial charge in [-0.3, -0.25) is 14.6 Å². The van der Waals surface area contributed by atoms with E-state index < -0.39 is 6.23 Å². The monoisotopic (exact) mass is 577 g/mol. The van der Waals surface area contributed by atoms with Crippen LogP contribution in [0.15, 0.2) is 61.1 Å². The van der Waals surface area contributed by atoms with E-state index in [0.717, 1.165) is 47.4 Å². The fourth-order valence-corrected chi connectivity index (χ4v) is 5.97. The summed E-state index contributed by atoms with van der Waals surface area (Å²) < 4.78 is 2.22. The van der Waals surface area contributed by atoms with Crippen LogP contribution < -0.4 is 11.1 Å². The summed E-state index contributed by atoms with van der Waals surface area (Å²) in [5, 5.41) is 23.5. The van der Waals surface area contributed by atoms with Gasteiger partial charge in [-0.2, -0.15) is 5.26 Å². The number of aromatic nitrogens is 4. The number of pyridine rings is 1. The Balaban J connectivity index is 1.23. The molecule has 2 aliphatic rings. The minimum atomic E-state index is -0.643. The van der Waals surface area contributed by atoms with Crippen molar-refractivity contribution in [2.75, 3.05) is 37.7 Å². The van der Waals surface area contributed by atoms with E-state index in [9.17, 15) is 9.90 Å². The number of hydrogen-bond acceptors (Lipinski definition) is 9. The van der Waals surface area contributed by atoms with Crippen LogP contribution >= 0.6 is 0 Å². The number of likely N-dealkylation sites (N-methyl/N-ethyl adjacent to an activating group) is 1. The third-order valence-corrected chi connectivity index (χ3v) is 8.43. The molecule has 0 bridgehead atoms. The molecule has 0 radical (unpaired) electrons. The Morgan fingerprint density at radius 2 is 2.02 bits per heavy atom. The molecule has 1 aliphatic heterocycles. The van der Waals surface area contributed by atoms with Crippen LogP contribution in [0.2, 0.25) is 0 Å². The highest BCUT2D eigenvalue weighted by atomic mass is 16.3. The minimum Gasteiger partial charge on any atom is -0.383 e. The first-order valence-corrected chi connectivity index (χ1v) is 14.5. The molecule has 1 amide bonds. The summed E-state index contributed by atoms with van der Waals surface area (Å²) in [6, 6.07) is 13.2. The molecule has 1 saturated carbocycles. The molecule has 1 saturated heterocycles. The van der Waals surface area contributed by atoms with Crippen molar-refractivity contribution >= 4 is 28.6 Å². The summed E-state index contributed by atoms with van der Waals surface area (Å²) in [5.74, 6) is 0.382. The molecule has 4 aromatic rings. The van der Waals surface area contributed by atoms with Crippen molar-refractivity contribution in [2.24, 2.45) is 0 Å². The van der Waals surface area contributed by atoms with E-state index in [-0.39, 0.29) is 11.9 Å². The molecule has 3 aromatic heterocycles. The molecule has 11 heteroatoms. The molecular weight excluding hydrogens is 542 g/mol. The number of nitrogens with two attached hydrogens (primary N) is 1. The largest absolute Gasteiger partial charge is 0.383 e. The lowest BCUT2D eigenvalue weighted by molar-refractivity contribution is 0.0582. The molecule has 6 rings (SSSR count). The zero-order valence-electron chi connectivity index (χ0n) is 24.3. The second-order valence-electron chi connectivity index (χ2n) is 11.3. The van der Waals surface area contributed by atoms with Crippen molar-refractivity contribution in [1.29, 1.82) is 5.26 Å². The Kier molecular flexibility index (Phi) is 7.90. The van der Waals surface area contributed by atoms with E-state index in [1.807, 2.05) is 24.3 Å². The van der Waals surface area contributed by atoms with Crippen LogP contribution in [0.5, 0.6) is 0 Å². The van der Waals surface area contributed by atoms with Crippen LogP contribution in [-0.2, 0) is 0 Å². The number of anilines is 2. The zero-order valence-corrected chi connectivity index (χ0v) is 24.3. The first-order chi connectivity index (χ1) is 20.8. The smallest absolute Gasteiger partial charge is 0.256 e. The quantitative estimate of drug-likeness (QED) is 0.253. The van der Waals surface area contributed by atoms with Gasteiger partial charge < -0.3 is 20.7 Å². The van der Waals surface area contributed by atoms with E-state index in [4.69, 9.17) is 11.0 Å². The number of hydrogen-bond donors (Lipinski definition) is 3. The lowest BCUT2D eigenvalue weighted by atomic mass is 10.0. The normalized spacial score (nSPS) is 18.0. The number of aliphatic hydroxyl groups excluding tert-OH is 1. The van der Waals surface area contributed by atoms with E-state index in [1.165, 1.54) is 31.4 Å². The molecular formula is C32H35N9O2. The van der Waals surface area contributed by atoms with Crippen molar-refractivity contribution < 1.29 is 9.90 Å². The summed E-state index contributed by atoms with van der Waals surface area (Å²) in [5.41, 5.74) is 10.9. The van der Waals surface area contributed by atoms with Crippen LogP contribution in [0.1, 0.15) is 46.9 Å². The third-order valence-electron chi connectivity index (χ3n) is 8.43. The molecule has 4 heterocycles. The number of benzene rings is 1. The summed E-state index contributed by atoms with van der Waals surface area (Å²) >= 11 is 0. The van der Waals surface area contributed by atoms with Gasteiger partial charge in [0.05, 0.1) is 17.0 Å². The van der Waals surface area contributed by atoms with E-state index in [2.05, 4.69) is 54.7 Å². The number of amides is 1. The molecule has 2 atom stereocenters. The number of fused-ring (bicyclic) bond motifs is 1. The van der Waals surface area contributed by atoms with Gasteiger partial charge in [0.15, 0.2) is 0 Å². The number of aliphatic hydroxyl groups is 1. The van der Waals surface area contributed by atoms with E-state index >= 15 is 0 Å². The number of nitriles is 1. The molecule has 2 fully saturated rings. The lowest BCUT2D eigenvalue weighted by Gasteiger charge is -2.22. The first-order valence-electron chi connectivity index (χ1n) is 14.5. The zero-order chi connectivity index (χ0) is 30.1. The summed E-state index contributed by atoms with van der Waals surface area (Å²) in [6.45, 7) is 4.33. The first kappa shape index (κ1) is 28.5. The standard InChI is InChI=1S/C32H35N9O2/c1-20-28(22-5-7-23(8-6-22)32(43)38-26-16-21(17-33)11-13-35-26)29-30(34)36-19-37-31(29)41(20)25-12-15-40(18-25)27(42)4-3-14-39(2)24-9-10-24/h3-8,11,13,16,19,24-25,27,42H,9-10,12,14-15,18H2,1-2H3,(H2,34,36,37)(H,35,38,43)/b4-3+/t25-,27?/m1/s1. The summed E-state index contributed by atoms with van der Waals surface area (Å²) in [6.07, 6.45) is 9.66. The number of nitrogen functional groups attached to an aromatic ring is 1. The lowest BCUT2D eigenvalue weighted by Crippen LogP contribution is -2.32. The Morgan fingerprint density at radius 3 is 2.77 bits per heavy atom. The van der Waals surface area contributed by atoms with Gasteiger partial charge in [-0.25, -0.2) is 15.0 Å². The molecule has 0 spiro atoms. The number of carbonyl (C=O) groups is 1. The topological polar surface area (TPSA) is 149 Å². The SMILES string of the molecule is Cc1c(-c2ccc(C(=O)Nc3cc(C#N)ccn3)cc2)c2c(N)ncnc2n1[C@@H]1CCN(C(O)/C=C/CN(C)C2CC2)C1. The summed E-state index contributed by atoms with van der Waals surface area (Å²) in [4.78, 5) is 30.3. The van der Waals surface area contributed by atoms with Gasteiger partial charge in [0.25, 0.3) is 5.91 Å². The molecule has 1 aliphatic carbocycles. The Hall–Kier alpha value is -4.63. The van der Waals surface area contributed by atoms with Gasteiger partial charge >= 0.3 is 0 Å². The van der Waals surface area contributed by atoms with Crippen LogP contribution in [0, 0.1) is 18.3 Å². The Morgan fingerprint density at radius 1 is 1.23 bits per heavy atom. The van der Waals surface area contributed by atoms with E-state index in [1.54, 1.807) is 18.2 Å². The fraction of sp³-hybridized carbons (Fsp3) is 0.344. The molecule has 1 aromatic carbocycles. The second-order valence-corrected chi connectivity index (χ2v) is 11.3. The molecule has 11 nitrogen and oxygen atoms in total. The van der Waals surface area contributed by atoms with Gasteiger partial charge in [0.2, 0.25) is 0 Å². The highest BCUT2D eigenvalue weighted by Gasteiger charge is 2.31. The summed E-state index contributed by atoms with van der Waals surface area (Å²) in [7, 11) is 2.13. The number of rotatable bonds is 9. The average molecular weight is 578 g/mol. The number of nitrogens with zero attached hydrogens (tertiary/aromatic N) is 7. The number of likely N-dealkylation sites (tertiary alicyclic amines) is 1. The van der Waals surface area contributed by atoms with Gasteiger partial charge in [-0.1, -0.05) is 18.2 Å². The predicted molar refractivity (Wildman–Crippen MR) is 165 cm³/mol. The molecule has 1 unspecified atom stereocenters. The minimum absolute atomic E-state index is 0.101. The maximum absolute atomic E-state index is 12.9. The fourth-order valence-electron chi connectivity index (χ4n) is 5.97. The second kappa shape index (κ2) is 11.9. The Labute approximate surface area is 250 Å². The van der Waals surface area contributed by atoms with Gasteiger partial charge in [0, 0.05) is 54.7 Å². The van der Waals surface area contributed by atoms with Crippen LogP contribution in [0.4, 0.5) is 11.6 Å². The van der Waals surface area contributed by atoms with Crippen LogP contribution in [0.3, 0.4) is 0 Å². The molecule has 220 valence electrons. The number of carbonyl (C=O) groups excluding carboxylic acids is 1.